The summed E-state index contributed by atoms with van der Waals surface area (Å²) in [6.45, 7) is 0. The third-order valence-corrected chi connectivity index (χ3v) is 2.84. The van der Waals surface area contributed by atoms with Crippen molar-refractivity contribution < 1.29 is 23.6 Å². The summed E-state index contributed by atoms with van der Waals surface area (Å²) < 4.78 is 20.4. The predicted molar refractivity (Wildman–Crippen MR) is 46.0 cm³/mol. The van der Waals surface area contributed by atoms with Gasteiger partial charge in [0, 0.05) is 20.0 Å². The van der Waals surface area contributed by atoms with Crippen molar-refractivity contribution in [1.29, 1.82) is 0 Å². The van der Waals surface area contributed by atoms with Gasteiger partial charge in [-0.3, -0.25) is 4.52 Å². The summed E-state index contributed by atoms with van der Waals surface area (Å²) in [6, 6.07) is 0. The average Bonchev–Trinajstić information content (AvgIpc) is 2.03. The van der Waals surface area contributed by atoms with E-state index in [2.05, 4.69) is 4.52 Å². The zero-order chi connectivity index (χ0) is 9.95. The van der Waals surface area contributed by atoms with Crippen molar-refractivity contribution in [2.45, 2.75) is 37.9 Å². The molecule has 0 spiro atoms. The normalized spacial score (nSPS) is 23.0. The van der Waals surface area contributed by atoms with Gasteiger partial charge in [0.05, 0.1) is 0 Å². The maximum absolute atomic E-state index is 10.7. The molecule has 0 aromatic carbocycles. The van der Waals surface area contributed by atoms with Crippen molar-refractivity contribution in [3.05, 3.63) is 0 Å². The van der Waals surface area contributed by atoms with Crippen molar-refractivity contribution in [1.82, 2.24) is 0 Å². The molecule has 0 aromatic rings. The molecule has 1 aliphatic rings. The van der Waals surface area contributed by atoms with Crippen LogP contribution in [0, 0.1) is 0 Å². The first-order valence-corrected chi connectivity index (χ1v) is 5.82. The highest BCUT2D eigenvalue weighted by molar-refractivity contribution is 7.46. The van der Waals surface area contributed by atoms with Crippen LogP contribution in [-0.2, 0) is 13.8 Å². The summed E-state index contributed by atoms with van der Waals surface area (Å²) in [6.07, 6.45) is 3.93. The maximum Gasteiger partial charge on any atom is 0.472 e. The largest absolute Gasteiger partial charge is 0.472 e. The first-order valence-electron chi connectivity index (χ1n) is 4.29. The molecule has 6 heteroatoms. The fourth-order valence-electron chi connectivity index (χ4n) is 1.64. The van der Waals surface area contributed by atoms with Crippen LogP contribution in [0.1, 0.15) is 32.1 Å². The van der Waals surface area contributed by atoms with E-state index in [0.29, 0.717) is 12.8 Å². The molecule has 1 saturated carbocycles. The Labute approximate surface area is 77.3 Å². The van der Waals surface area contributed by atoms with E-state index in [4.69, 9.17) is 14.5 Å². The van der Waals surface area contributed by atoms with Crippen LogP contribution in [0.5, 0.6) is 0 Å². The zero-order valence-electron chi connectivity index (χ0n) is 7.60. The van der Waals surface area contributed by atoms with Gasteiger partial charge in [0.25, 0.3) is 0 Å². The van der Waals surface area contributed by atoms with E-state index in [9.17, 15) is 4.57 Å². The molecule has 0 aromatic heterocycles. The van der Waals surface area contributed by atoms with Gasteiger partial charge < -0.3 is 14.5 Å². The van der Waals surface area contributed by atoms with Gasteiger partial charge in [-0.2, -0.15) is 0 Å². The lowest BCUT2D eigenvalue weighted by atomic mass is 9.94. The molecule has 1 aliphatic carbocycles. The van der Waals surface area contributed by atoms with Gasteiger partial charge >= 0.3 is 7.82 Å². The monoisotopic (exact) mass is 210 g/mol. The minimum Gasteiger partial charge on any atom is -0.353 e. The fourth-order valence-corrected chi connectivity index (χ4v) is 2.33. The van der Waals surface area contributed by atoms with Gasteiger partial charge in [0.2, 0.25) is 0 Å². The molecule has 5 nitrogen and oxygen atoms in total. The van der Waals surface area contributed by atoms with Crippen LogP contribution in [-0.4, -0.2) is 22.7 Å². The van der Waals surface area contributed by atoms with E-state index in [0.717, 1.165) is 19.3 Å². The Morgan fingerprint density at radius 1 is 1.23 bits per heavy atom. The highest BCUT2D eigenvalue weighted by atomic mass is 31.2. The summed E-state index contributed by atoms with van der Waals surface area (Å²) in [4.78, 5) is 17.4. The molecule has 13 heavy (non-hydrogen) atoms. The Bertz CT molecular complexity index is 205. The highest BCUT2D eigenvalue weighted by Gasteiger charge is 2.39. The van der Waals surface area contributed by atoms with E-state index >= 15 is 0 Å². The molecular weight excluding hydrogens is 195 g/mol. The second kappa shape index (κ2) is 4.07. The van der Waals surface area contributed by atoms with Crippen LogP contribution < -0.4 is 0 Å². The second-order valence-corrected chi connectivity index (χ2v) is 4.42. The Morgan fingerprint density at radius 3 is 2.15 bits per heavy atom. The van der Waals surface area contributed by atoms with E-state index < -0.39 is 13.6 Å². The summed E-state index contributed by atoms with van der Waals surface area (Å²) >= 11 is 0. The average molecular weight is 210 g/mol. The third kappa shape index (κ3) is 3.37. The summed E-state index contributed by atoms with van der Waals surface area (Å²) in [5, 5.41) is 0. The molecule has 0 unspecified atom stereocenters. The van der Waals surface area contributed by atoms with Gasteiger partial charge in [-0.1, -0.05) is 6.42 Å². The molecule has 1 rings (SSSR count). The van der Waals surface area contributed by atoms with Crippen molar-refractivity contribution in [2.24, 2.45) is 0 Å². The van der Waals surface area contributed by atoms with Crippen molar-refractivity contribution in [3.63, 3.8) is 0 Å². The molecule has 0 aliphatic heterocycles. The molecule has 0 atom stereocenters. The molecule has 78 valence electrons. The Kier molecular flexibility index (Phi) is 3.49. The van der Waals surface area contributed by atoms with E-state index in [1.54, 1.807) is 0 Å². The summed E-state index contributed by atoms with van der Waals surface area (Å²) in [7, 11) is -3.02. The van der Waals surface area contributed by atoms with Gasteiger partial charge in [-0.15, -0.1) is 0 Å². The van der Waals surface area contributed by atoms with Crippen molar-refractivity contribution in [2.75, 3.05) is 7.11 Å². The van der Waals surface area contributed by atoms with Crippen LogP contribution >= 0.6 is 7.82 Å². The van der Waals surface area contributed by atoms with Gasteiger partial charge in [0.15, 0.2) is 5.79 Å². The van der Waals surface area contributed by atoms with Crippen LogP contribution in [0.3, 0.4) is 0 Å². The minimum atomic E-state index is -4.44. The number of ether oxygens (including phenoxy) is 1. The smallest absolute Gasteiger partial charge is 0.353 e. The molecular formula is C7H15O5P. The lowest BCUT2D eigenvalue weighted by molar-refractivity contribution is -0.192. The Hall–Kier alpha value is 0.0700. The Morgan fingerprint density at radius 2 is 1.77 bits per heavy atom. The van der Waals surface area contributed by atoms with Crippen LogP contribution in [0.25, 0.3) is 0 Å². The lowest BCUT2D eigenvalue weighted by Gasteiger charge is -2.35. The second-order valence-electron chi connectivity index (χ2n) is 3.26. The van der Waals surface area contributed by atoms with Crippen LogP contribution in [0.4, 0.5) is 0 Å². The molecule has 0 bridgehead atoms. The van der Waals surface area contributed by atoms with Crippen molar-refractivity contribution >= 4 is 7.82 Å². The van der Waals surface area contributed by atoms with Crippen LogP contribution in [0.15, 0.2) is 0 Å². The maximum atomic E-state index is 10.7. The third-order valence-electron chi connectivity index (χ3n) is 2.27. The number of hydrogen-bond acceptors (Lipinski definition) is 3. The number of hydrogen-bond donors (Lipinski definition) is 2. The quantitative estimate of drug-likeness (QED) is 0.544. The predicted octanol–water partition coefficient (Wildman–Crippen LogP) is 1.40. The van der Waals surface area contributed by atoms with E-state index in [-0.39, 0.29) is 0 Å². The molecule has 0 heterocycles. The topological polar surface area (TPSA) is 76.0 Å². The summed E-state index contributed by atoms with van der Waals surface area (Å²) in [5.74, 6) is -1.06. The number of phosphoric acid groups is 1. The fraction of sp³-hybridized carbons (Fsp3) is 1.00. The molecule has 1 fully saturated rings. The lowest BCUT2D eigenvalue weighted by Crippen LogP contribution is -2.35. The zero-order valence-corrected chi connectivity index (χ0v) is 8.50. The standard InChI is InChI=1S/C7H15O5P/c1-11-7(12-13(8,9)10)5-3-2-4-6-7/h2-6H2,1H3,(H2,8,9,10). The molecule has 0 radical (unpaired) electrons. The highest BCUT2D eigenvalue weighted by Crippen LogP contribution is 2.46. The van der Waals surface area contributed by atoms with Crippen LogP contribution in [0.2, 0.25) is 0 Å². The SMILES string of the molecule is COC1(OP(=O)(O)O)CCCCC1. The molecule has 2 N–H and O–H groups in total. The van der Waals surface area contributed by atoms with Gasteiger partial charge in [0.1, 0.15) is 0 Å². The van der Waals surface area contributed by atoms with E-state index in [1.165, 1.54) is 7.11 Å². The number of rotatable bonds is 3. The Balaban J connectivity index is 2.63. The minimum absolute atomic E-state index is 0.550. The van der Waals surface area contributed by atoms with Crippen molar-refractivity contribution in [3.8, 4) is 0 Å². The number of methoxy groups -OCH3 is 1. The number of phosphoric ester groups is 1. The van der Waals surface area contributed by atoms with Gasteiger partial charge in [-0.25, -0.2) is 4.57 Å². The summed E-state index contributed by atoms with van der Waals surface area (Å²) in [5.41, 5.74) is 0. The van der Waals surface area contributed by atoms with Gasteiger partial charge in [-0.05, 0) is 12.8 Å². The van der Waals surface area contributed by atoms with E-state index in [1.807, 2.05) is 0 Å². The molecule has 0 amide bonds. The first-order chi connectivity index (χ1) is 5.97. The first kappa shape index (κ1) is 11.1. The molecule has 0 saturated heterocycles.